The van der Waals surface area contributed by atoms with Gasteiger partial charge in [0.2, 0.25) is 0 Å². The molecule has 0 aromatic carbocycles. The van der Waals surface area contributed by atoms with Crippen LogP contribution in [0, 0.1) is 0 Å². The van der Waals surface area contributed by atoms with Gasteiger partial charge >= 0.3 is 0 Å². The van der Waals surface area contributed by atoms with Crippen molar-refractivity contribution < 1.29 is 0 Å². The number of hydrogen-bond acceptors (Lipinski definition) is 3. The first kappa shape index (κ1) is 14.5. The Morgan fingerprint density at radius 1 is 1.26 bits per heavy atom. The lowest BCUT2D eigenvalue weighted by molar-refractivity contribution is 0.427. The molecule has 4 heteroatoms. The molecule has 1 aromatic rings. The van der Waals surface area contributed by atoms with E-state index in [1.807, 2.05) is 11.7 Å². The van der Waals surface area contributed by atoms with E-state index in [1.165, 1.54) is 32.1 Å². The van der Waals surface area contributed by atoms with Crippen LogP contribution in [0.3, 0.4) is 0 Å². The Morgan fingerprint density at radius 2 is 2.00 bits per heavy atom. The van der Waals surface area contributed by atoms with Gasteiger partial charge in [0.15, 0.2) is 5.82 Å². The summed E-state index contributed by atoms with van der Waals surface area (Å²) in [6.45, 7) is 5.43. The van der Waals surface area contributed by atoms with E-state index < -0.39 is 0 Å². The molecule has 1 aliphatic rings. The highest BCUT2D eigenvalue weighted by Gasteiger charge is 2.20. The van der Waals surface area contributed by atoms with Crippen LogP contribution in [0.25, 0.3) is 0 Å². The fraction of sp³-hybridized carbons (Fsp3) is 0.867. The van der Waals surface area contributed by atoms with Crippen LogP contribution in [-0.2, 0) is 13.5 Å². The predicted molar refractivity (Wildman–Crippen MR) is 78.3 cm³/mol. The van der Waals surface area contributed by atoms with Crippen LogP contribution in [0.15, 0.2) is 0 Å². The van der Waals surface area contributed by atoms with Gasteiger partial charge in [0.25, 0.3) is 0 Å². The molecule has 1 N–H and O–H groups in total. The lowest BCUT2D eigenvalue weighted by Crippen LogP contribution is -2.24. The summed E-state index contributed by atoms with van der Waals surface area (Å²) in [6.07, 6.45) is 8.78. The van der Waals surface area contributed by atoms with Crippen molar-refractivity contribution in [3.05, 3.63) is 11.6 Å². The highest BCUT2D eigenvalue weighted by Crippen LogP contribution is 2.30. The molecule has 4 nitrogen and oxygen atoms in total. The fourth-order valence-corrected chi connectivity index (χ4v) is 2.83. The number of hydrogen-bond donors (Lipinski definition) is 1. The number of rotatable bonds is 6. The van der Waals surface area contributed by atoms with E-state index in [-0.39, 0.29) is 0 Å². The minimum Gasteiger partial charge on any atom is -0.315 e. The van der Waals surface area contributed by atoms with Gasteiger partial charge in [0.05, 0.1) is 0 Å². The molecule has 2 rings (SSSR count). The zero-order valence-corrected chi connectivity index (χ0v) is 12.7. The highest BCUT2D eigenvalue weighted by atomic mass is 15.3. The minimum atomic E-state index is 0.567. The van der Waals surface area contributed by atoms with Crippen LogP contribution in [0.5, 0.6) is 0 Å². The Kier molecular flexibility index (Phi) is 5.37. The lowest BCUT2D eigenvalue weighted by atomic mass is 9.89. The second-order valence-corrected chi connectivity index (χ2v) is 6.06. The van der Waals surface area contributed by atoms with Crippen molar-refractivity contribution in [2.75, 3.05) is 6.54 Å². The first-order valence-corrected chi connectivity index (χ1v) is 7.80. The third-order valence-electron chi connectivity index (χ3n) is 3.97. The van der Waals surface area contributed by atoms with Crippen LogP contribution in [0.2, 0.25) is 0 Å². The Hall–Kier alpha value is -0.900. The Labute approximate surface area is 117 Å². The quantitative estimate of drug-likeness (QED) is 0.803. The number of nitrogens with zero attached hydrogens (tertiary/aromatic N) is 3. The first-order valence-electron chi connectivity index (χ1n) is 7.80. The highest BCUT2D eigenvalue weighted by molar-refractivity contribution is 5.00. The predicted octanol–water partition coefficient (Wildman–Crippen LogP) is 2.79. The van der Waals surface area contributed by atoms with E-state index in [4.69, 9.17) is 4.98 Å². The van der Waals surface area contributed by atoms with Gasteiger partial charge in [-0.1, -0.05) is 33.1 Å². The molecule has 0 atom stereocenters. The molecule has 1 saturated carbocycles. The zero-order valence-electron chi connectivity index (χ0n) is 12.7. The SMILES string of the molecule is CC(C)NCCCc1nc(C2CCCCC2)nn1C. The number of aromatic nitrogens is 3. The number of aryl methyl sites for hydroxylation is 2. The van der Waals surface area contributed by atoms with Gasteiger partial charge in [-0.15, -0.1) is 0 Å². The van der Waals surface area contributed by atoms with Crippen molar-refractivity contribution in [2.24, 2.45) is 7.05 Å². The minimum absolute atomic E-state index is 0.567. The second-order valence-electron chi connectivity index (χ2n) is 6.06. The summed E-state index contributed by atoms with van der Waals surface area (Å²) >= 11 is 0. The van der Waals surface area contributed by atoms with Crippen LogP contribution in [-0.4, -0.2) is 27.4 Å². The smallest absolute Gasteiger partial charge is 0.154 e. The zero-order chi connectivity index (χ0) is 13.7. The van der Waals surface area contributed by atoms with Crippen molar-refractivity contribution >= 4 is 0 Å². The van der Waals surface area contributed by atoms with Gasteiger partial charge in [-0.05, 0) is 25.8 Å². The largest absolute Gasteiger partial charge is 0.315 e. The maximum atomic E-state index is 4.77. The average Bonchev–Trinajstić information content (AvgIpc) is 2.77. The normalized spacial score (nSPS) is 17.3. The fourth-order valence-electron chi connectivity index (χ4n) is 2.83. The van der Waals surface area contributed by atoms with Crippen LogP contribution in [0.1, 0.15) is 69.9 Å². The molecular weight excluding hydrogens is 236 g/mol. The number of nitrogens with one attached hydrogen (secondary N) is 1. The van der Waals surface area contributed by atoms with E-state index in [0.717, 1.165) is 31.0 Å². The summed E-state index contributed by atoms with van der Waals surface area (Å²) in [7, 11) is 2.03. The summed E-state index contributed by atoms with van der Waals surface area (Å²) in [5.74, 6) is 2.85. The van der Waals surface area contributed by atoms with Gasteiger partial charge < -0.3 is 5.32 Å². The molecule has 1 aliphatic carbocycles. The third kappa shape index (κ3) is 4.30. The van der Waals surface area contributed by atoms with E-state index in [2.05, 4.69) is 24.3 Å². The summed E-state index contributed by atoms with van der Waals surface area (Å²) < 4.78 is 1.99. The van der Waals surface area contributed by atoms with Gasteiger partial charge in [-0.2, -0.15) is 5.10 Å². The molecular formula is C15H28N4. The molecule has 0 bridgehead atoms. The molecule has 0 radical (unpaired) electrons. The molecule has 0 aliphatic heterocycles. The maximum Gasteiger partial charge on any atom is 0.154 e. The topological polar surface area (TPSA) is 42.7 Å². The molecule has 0 amide bonds. The molecule has 1 fully saturated rings. The Balaban J connectivity index is 1.85. The van der Waals surface area contributed by atoms with Crippen LogP contribution >= 0.6 is 0 Å². The molecule has 1 aromatic heterocycles. The van der Waals surface area contributed by atoms with Gasteiger partial charge in [-0.3, -0.25) is 4.68 Å². The third-order valence-corrected chi connectivity index (χ3v) is 3.97. The van der Waals surface area contributed by atoms with Gasteiger partial charge in [0, 0.05) is 25.4 Å². The second kappa shape index (κ2) is 7.04. The molecule has 0 spiro atoms. The van der Waals surface area contributed by atoms with Crippen LogP contribution < -0.4 is 5.32 Å². The summed E-state index contributed by atoms with van der Waals surface area (Å²) in [5, 5.41) is 8.08. The van der Waals surface area contributed by atoms with E-state index >= 15 is 0 Å². The monoisotopic (exact) mass is 264 g/mol. The van der Waals surface area contributed by atoms with Crippen molar-refractivity contribution in [1.29, 1.82) is 0 Å². The summed E-state index contributed by atoms with van der Waals surface area (Å²) in [5.41, 5.74) is 0. The molecule has 1 heterocycles. The molecule has 19 heavy (non-hydrogen) atoms. The van der Waals surface area contributed by atoms with Crippen molar-refractivity contribution in [1.82, 2.24) is 20.1 Å². The standard InChI is InChI=1S/C15H28N4/c1-12(2)16-11-7-10-14-17-15(18-19(14)3)13-8-5-4-6-9-13/h12-13,16H,4-11H2,1-3H3. The summed E-state index contributed by atoms with van der Waals surface area (Å²) in [6, 6.07) is 0.567. The first-order chi connectivity index (χ1) is 9.16. The maximum absolute atomic E-state index is 4.77. The van der Waals surface area contributed by atoms with E-state index in [1.54, 1.807) is 0 Å². The van der Waals surface area contributed by atoms with E-state index in [9.17, 15) is 0 Å². The molecule has 0 unspecified atom stereocenters. The summed E-state index contributed by atoms with van der Waals surface area (Å²) in [4.78, 5) is 4.77. The molecule has 108 valence electrons. The Morgan fingerprint density at radius 3 is 2.68 bits per heavy atom. The Bertz CT molecular complexity index is 377. The van der Waals surface area contributed by atoms with Crippen molar-refractivity contribution in [3.8, 4) is 0 Å². The van der Waals surface area contributed by atoms with Gasteiger partial charge in [-0.25, -0.2) is 4.98 Å². The van der Waals surface area contributed by atoms with Crippen LogP contribution in [0.4, 0.5) is 0 Å². The van der Waals surface area contributed by atoms with Gasteiger partial charge in [0.1, 0.15) is 5.82 Å². The lowest BCUT2D eigenvalue weighted by Gasteiger charge is -2.18. The average molecular weight is 264 g/mol. The molecule has 0 saturated heterocycles. The van der Waals surface area contributed by atoms with Crippen molar-refractivity contribution in [2.45, 2.75) is 70.8 Å². The van der Waals surface area contributed by atoms with E-state index in [0.29, 0.717) is 12.0 Å². The van der Waals surface area contributed by atoms with Crippen molar-refractivity contribution in [3.63, 3.8) is 0 Å².